The van der Waals surface area contributed by atoms with Gasteiger partial charge < -0.3 is 14.2 Å². The molecule has 0 spiro atoms. The zero-order chi connectivity index (χ0) is 23.9. The summed E-state index contributed by atoms with van der Waals surface area (Å²) in [6.07, 6.45) is 5.67. The van der Waals surface area contributed by atoms with E-state index in [-0.39, 0.29) is 6.09 Å². The van der Waals surface area contributed by atoms with Crippen molar-refractivity contribution in [3.63, 3.8) is 0 Å². The van der Waals surface area contributed by atoms with E-state index in [4.69, 9.17) is 9.72 Å². The highest BCUT2D eigenvalue weighted by molar-refractivity contribution is 7.15. The third-order valence-corrected chi connectivity index (χ3v) is 7.74. The van der Waals surface area contributed by atoms with E-state index in [0.29, 0.717) is 13.2 Å². The van der Waals surface area contributed by atoms with Crippen molar-refractivity contribution in [2.75, 3.05) is 29.5 Å². The van der Waals surface area contributed by atoms with Crippen molar-refractivity contribution in [3.8, 4) is 5.69 Å². The highest BCUT2D eigenvalue weighted by Gasteiger charge is 2.23. The predicted molar refractivity (Wildman–Crippen MR) is 138 cm³/mol. The van der Waals surface area contributed by atoms with Crippen LogP contribution in [0.1, 0.15) is 33.1 Å². The van der Waals surface area contributed by atoms with E-state index in [1.807, 2.05) is 32.2 Å². The summed E-state index contributed by atoms with van der Waals surface area (Å²) >= 11 is 1.76. The average molecular weight is 486 g/mol. The lowest BCUT2D eigenvalue weighted by atomic mass is 9.99. The van der Waals surface area contributed by atoms with Crippen molar-refractivity contribution in [2.45, 2.75) is 33.2 Å². The van der Waals surface area contributed by atoms with Crippen LogP contribution in [-0.2, 0) is 24.1 Å². The molecule has 0 N–H and O–H groups in total. The van der Waals surface area contributed by atoms with E-state index in [9.17, 15) is 4.79 Å². The van der Waals surface area contributed by atoms with Gasteiger partial charge in [0, 0.05) is 48.2 Å². The van der Waals surface area contributed by atoms with Gasteiger partial charge in [0.1, 0.15) is 12.4 Å². The van der Waals surface area contributed by atoms with E-state index in [2.05, 4.69) is 51.0 Å². The van der Waals surface area contributed by atoms with Crippen molar-refractivity contribution >= 4 is 28.2 Å². The number of ether oxygens (including phenoxy) is 1. The Labute approximate surface area is 208 Å². The van der Waals surface area contributed by atoms with Crippen LogP contribution in [0, 0.1) is 13.8 Å². The Morgan fingerprint density at radius 1 is 1.03 bits per heavy atom. The fourth-order valence-electron chi connectivity index (χ4n) is 4.88. The maximum atomic E-state index is 11.8. The second-order valence-corrected chi connectivity index (χ2v) is 10.2. The first-order valence-electron chi connectivity index (χ1n) is 11.9. The Kier molecular flexibility index (Phi) is 5.53. The van der Waals surface area contributed by atoms with Crippen LogP contribution in [0.25, 0.3) is 5.69 Å². The van der Waals surface area contributed by atoms with Crippen LogP contribution in [-0.4, -0.2) is 40.3 Å². The number of aryl methyl sites for hydroxylation is 2. The van der Waals surface area contributed by atoms with Gasteiger partial charge in [-0.3, -0.25) is 4.90 Å². The lowest BCUT2D eigenvalue weighted by molar-refractivity contribution is 0.181. The van der Waals surface area contributed by atoms with Crippen LogP contribution >= 0.6 is 11.3 Å². The number of nitrogens with zero attached hydrogens (tertiary/aromatic N) is 5. The van der Waals surface area contributed by atoms with Gasteiger partial charge in [0.2, 0.25) is 0 Å². The van der Waals surface area contributed by atoms with E-state index >= 15 is 0 Å². The van der Waals surface area contributed by atoms with Gasteiger partial charge in [0.05, 0.1) is 12.2 Å². The van der Waals surface area contributed by atoms with Crippen LogP contribution in [0.3, 0.4) is 0 Å². The second-order valence-electron chi connectivity index (χ2n) is 9.14. The second kappa shape index (κ2) is 8.85. The summed E-state index contributed by atoms with van der Waals surface area (Å²) in [5.41, 5.74) is 7.05. The van der Waals surface area contributed by atoms with E-state index in [1.165, 1.54) is 21.6 Å². The van der Waals surface area contributed by atoms with E-state index in [1.54, 1.807) is 16.2 Å². The molecule has 0 unspecified atom stereocenters. The lowest BCUT2D eigenvalue weighted by Crippen LogP contribution is -2.30. The Hall–Kier alpha value is -3.65. The number of hydrogen-bond acceptors (Lipinski definition) is 6. The van der Waals surface area contributed by atoms with Gasteiger partial charge in [-0.25, -0.2) is 14.8 Å². The molecule has 8 heteroatoms. The highest BCUT2D eigenvalue weighted by Crippen LogP contribution is 2.31. The van der Waals surface area contributed by atoms with Crippen LogP contribution < -0.4 is 9.80 Å². The van der Waals surface area contributed by atoms with Crippen molar-refractivity contribution in [3.05, 3.63) is 87.9 Å². The third kappa shape index (κ3) is 4.30. The van der Waals surface area contributed by atoms with Crippen molar-refractivity contribution in [1.82, 2.24) is 14.5 Å². The molecular formula is C27H27N5O2S. The normalized spacial score (nSPS) is 15.4. The minimum atomic E-state index is -0.268. The number of rotatable bonds is 5. The summed E-state index contributed by atoms with van der Waals surface area (Å²) in [5, 5.41) is 1.07. The Morgan fingerprint density at radius 2 is 1.86 bits per heavy atom. The molecule has 2 aliphatic rings. The molecule has 0 saturated carbocycles. The number of anilines is 2. The molecule has 2 aromatic carbocycles. The molecule has 0 aliphatic carbocycles. The largest absolute Gasteiger partial charge is 0.447 e. The molecular weight excluding hydrogens is 458 g/mol. The summed E-state index contributed by atoms with van der Waals surface area (Å²) in [7, 11) is 0. The molecule has 4 heterocycles. The monoisotopic (exact) mass is 485 g/mol. The van der Waals surface area contributed by atoms with Gasteiger partial charge in [0.25, 0.3) is 0 Å². The topological polar surface area (TPSA) is 63.5 Å². The number of imidazole rings is 1. The van der Waals surface area contributed by atoms with Crippen molar-refractivity contribution in [1.29, 1.82) is 0 Å². The molecule has 4 aromatic rings. The minimum absolute atomic E-state index is 0.268. The van der Waals surface area contributed by atoms with Gasteiger partial charge in [0.15, 0.2) is 5.13 Å². The number of amides is 1. The summed E-state index contributed by atoms with van der Waals surface area (Å²) in [6.45, 7) is 6.98. The number of fused-ring (bicyclic) bond motifs is 1. The molecule has 0 atom stereocenters. The summed E-state index contributed by atoms with van der Waals surface area (Å²) in [4.78, 5) is 26.4. The van der Waals surface area contributed by atoms with E-state index in [0.717, 1.165) is 54.0 Å². The van der Waals surface area contributed by atoms with Gasteiger partial charge in [-0.15, -0.1) is 11.3 Å². The average Bonchev–Trinajstić information content (AvgIpc) is 3.59. The first kappa shape index (κ1) is 21.9. The lowest BCUT2D eigenvalue weighted by Gasteiger charge is -2.29. The SMILES string of the molecule is Cc1cn(-c2ccc3c(c2)CN(c2ncc(Cc4ccc(N5CCOC5=O)cc4)s2)CC3)c(C)n1. The molecule has 0 radical (unpaired) electrons. The van der Waals surface area contributed by atoms with Gasteiger partial charge >= 0.3 is 6.09 Å². The van der Waals surface area contributed by atoms with Crippen LogP contribution in [0.5, 0.6) is 0 Å². The van der Waals surface area contributed by atoms with Crippen molar-refractivity contribution in [2.24, 2.45) is 0 Å². The Morgan fingerprint density at radius 3 is 2.60 bits per heavy atom. The summed E-state index contributed by atoms with van der Waals surface area (Å²) in [5.74, 6) is 1.01. The predicted octanol–water partition coefficient (Wildman–Crippen LogP) is 5.06. The number of carbonyl (C=O) groups excluding carboxylic acids is 1. The van der Waals surface area contributed by atoms with Crippen LogP contribution in [0.2, 0.25) is 0 Å². The number of carbonyl (C=O) groups is 1. The van der Waals surface area contributed by atoms with Gasteiger partial charge in [-0.1, -0.05) is 18.2 Å². The molecule has 2 aliphatic heterocycles. The fraction of sp³-hybridized carbons (Fsp3) is 0.296. The number of aromatic nitrogens is 3. The molecule has 178 valence electrons. The van der Waals surface area contributed by atoms with Gasteiger partial charge in [-0.05, 0) is 61.2 Å². The summed E-state index contributed by atoms with van der Waals surface area (Å²) < 4.78 is 7.20. The van der Waals surface area contributed by atoms with Crippen LogP contribution in [0.4, 0.5) is 15.6 Å². The maximum Gasteiger partial charge on any atom is 0.414 e. The molecule has 7 nitrogen and oxygen atoms in total. The molecule has 6 rings (SSSR count). The van der Waals surface area contributed by atoms with Crippen LogP contribution in [0.15, 0.2) is 54.9 Å². The third-order valence-electron chi connectivity index (χ3n) is 6.68. The molecule has 0 bridgehead atoms. The molecule has 2 aromatic heterocycles. The Balaban J connectivity index is 1.15. The first-order valence-corrected chi connectivity index (χ1v) is 12.7. The van der Waals surface area contributed by atoms with Crippen molar-refractivity contribution < 1.29 is 9.53 Å². The molecule has 1 fully saturated rings. The van der Waals surface area contributed by atoms with Gasteiger partial charge in [-0.2, -0.15) is 0 Å². The fourth-order valence-corrected chi connectivity index (χ4v) is 5.85. The Bertz CT molecular complexity index is 1390. The van der Waals surface area contributed by atoms with E-state index < -0.39 is 0 Å². The number of thiazole rings is 1. The standard InChI is InChI=1S/C27H27N5O2S/c1-18-16-32(19(2)29-18)24-8-5-21-9-10-30(17-22(21)14-24)26-28-15-25(35-26)13-20-3-6-23(7-4-20)31-11-12-34-27(31)33/h3-8,14-16H,9-13,17H2,1-2H3. The zero-order valence-corrected chi connectivity index (χ0v) is 20.7. The molecule has 35 heavy (non-hydrogen) atoms. The number of cyclic esters (lactones) is 1. The smallest absolute Gasteiger partial charge is 0.414 e. The minimum Gasteiger partial charge on any atom is -0.447 e. The number of hydrogen-bond donors (Lipinski definition) is 0. The number of benzene rings is 2. The highest BCUT2D eigenvalue weighted by atomic mass is 32.1. The molecule has 1 amide bonds. The quantitative estimate of drug-likeness (QED) is 0.396. The maximum absolute atomic E-state index is 11.8. The zero-order valence-electron chi connectivity index (χ0n) is 19.9. The molecule has 1 saturated heterocycles. The summed E-state index contributed by atoms with van der Waals surface area (Å²) in [6, 6.07) is 14.9. The first-order chi connectivity index (χ1) is 17.0.